The van der Waals surface area contributed by atoms with Crippen LogP contribution in [0.2, 0.25) is 0 Å². The topological polar surface area (TPSA) is 54.0 Å². The molecule has 1 aromatic rings. The molecule has 2 rings (SSSR count). The Hall–Kier alpha value is -1.42. The van der Waals surface area contributed by atoms with Crippen molar-refractivity contribution >= 4 is 5.91 Å². The summed E-state index contributed by atoms with van der Waals surface area (Å²) in [5.41, 5.74) is 1.17. The molecule has 0 atom stereocenters. The summed E-state index contributed by atoms with van der Waals surface area (Å²) in [7, 11) is 2.01. The van der Waals surface area contributed by atoms with Crippen LogP contribution in [0.3, 0.4) is 0 Å². The maximum absolute atomic E-state index is 11.9. The average Bonchev–Trinajstić information content (AvgIpc) is 2.47. The zero-order valence-corrected chi connectivity index (χ0v) is 11.6. The van der Waals surface area contributed by atoms with Crippen LogP contribution in [0.1, 0.15) is 37.7 Å². The Labute approximate surface area is 115 Å². The molecular formula is C15H23N3O. The van der Waals surface area contributed by atoms with E-state index >= 15 is 0 Å². The fourth-order valence-electron chi connectivity index (χ4n) is 2.63. The molecule has 0 radical (unpaired) electrons. The molecule has 0 spiro atoms. The first-order valence-electron chi connectivity index (χ1n) is 7.13. The third-order valence-corrected chi connectivity index (χ3v) is 3.89. The number of aryl methyl sites for hydroxylation is 1. The first-order chi connectivity index (χ1) is 9.28. The Morgan fingerprint density at radius 1 is 1.21 bits per heavy atom. The zero-order chi connectivity index (χ0) is 13.5. The summed E-state index contributed by atoms with van der Waals surface area (Å²) < 4.78 is 0. The highest BCUT2D eigenvalue weighted by Gasteiger charge is 2.20. The Balaban J connectivity index is 1.67. The third kappa shape index (κ3) is 4.63. The number of carbonyl (C=O) groups excluding carboxylic acids is 1. The van der Waals surface area contributed by atoms with Crippen LogP contribution < -0.4 is 10.6 Å². The largest absolute Gasteiger partial charge is 0.353 e. The predicted octanol–water partition coefficient (Wildman–Crippen LogP) is 1.66. The number of hydrogen-bond acceptors (Lipinski definition) is 3. The van der Waals surface area contributed by atoms with Gasteiger partial charge in [0.25, 0.3) is 0 Å². The molecule has 0 unspecified atom stereocenters. The molecule has 1 heterocycles. The highest BCUT2D eigenvalue weighted by molar-refractivity contribution is 5.76. The molecular weight excluding hydrogens is 238 g/mol. The lowest BCUT2D eigenvalue weighted by molar-refractivity contribution is -0.122. The van der Waals surface area contributed by atoms with Crippen molar-refractivity contribution in [1.82, 2.24) is 15.6 Å². The number of aromatic nitrogens is 1. The van der Waals surface area contributed by atoms with Gasteiger partial charge in [0.1, 0.15) is 0 Å². The van der Waals surface area contributed by atoms with Crippen LogP contribution in [-0.4, -0.2) is 30.0 Å². The van der Waals surface area contributed by atoms with Gasteiger partial charge in [-0.25, -0.2) is 0 Å². The highest BCUT2D eigenvalue weighted by atomic mass is 16.1. The maximum atomic E-state index is 11.9. The van der Waals surface area contributed by atoms with Crippen LogP contribution in [0.25, 0.3) is 0 Å². The molecule has 0 saturated heterocycles. The molecule has 0 aromatic carbocycles. The molecule has 0 aliphatic heterocycles. The second kappa shape index (κ2) is 7.24. The van der Waals surface area contributed by atoms with Gasteiger partial charge in [-0.2, -0.15) is 0 Å². The molecule has 4 nitrogen and oxygen atoms in total. The van der Waals surface area contributed by atoms with Gasteiger partial charge in [0.05, 0.1) is 0 Å². The van der Waals surface area contributed by atoms with E-state index in [-0.39, 0.29) is 5.91 Å². The second-order valence-corrected chi connectivity index (χ2v) is 5.26. The van der Waals surface area contributed by atoms with Crippen LogP contribution in [0.4, 0.5) is 0 Å². The summed E-state index contributed by atoms with van der Waals surface area (Å²) in [6.07, 6.45) is 9.39. The van der Waals surface area contributed by atoms with E-state index in [0.29, 0.717) is 18.5 Å². The molecule has 1 amide bonds. The monoisotopic (exact) mass is 261 g/mol. The van der Waals surface area contributed by atoms with E-state index in [9.17, 15) is 4.79 Å². The molecule has 2 N–H and O–H groups in total. The van der Waals surface area contributed by atoms with Crippen molar-refractivity contribution in [2.45, 2.75) is 50.6 Å². The van der Waals surface area contributed by atoms with Gasteiger partial charge in [0.15, 0.2) is 0 Å². The second-order valence-electron chi connectivity index (χ2n) is 5.26. The van der Waals surface area contributed by atoms with Crippen LogP contribution in [-0.2, 0) is 11.2 Å². The van der Waals surface area contributed by atoms with Gasteiger partial charge in [0.2, 0.25) is 5.91 Å². The van der Waals surface area contributed by atoms with Crippen LogP contribution >= 0.6 is 0 Å². The Morgan fingerprint density at radius 3 is 2.47 bits per heavy atom. The molecule has 1 aromatic heterocycles. The molecule has 1 fully saturated rings. The average molecular weight is 261 g/mol. The normalized spacial score (nSPS) is 23.0. The van der Waals surface area contributed by atoms with E-state index in [0.717, 1.165) is 32.1 Å². The van der Waals surface area contributed by atoms with E-state index < -0.39 is 0 Å². The van der Waals surface area contributed by atoms with Crippen molar-refractivity contribution in [3.05, 3.63) is 30.1 Å². The van der Waals surface area contributed by atoms with Gasteiger partial charge in [-0.3, -0.25) is 9.78 Å². The first-order valence-corrected chi connectivity index (χ1v) is 7.13. The summed E-state index contributed by atoms with van der Waals surface area (Å²) in [5, 5.41) is 6.46. The zero-order valence-electron chi connectivity index (χ0n) is 11.6. The number of pyridine rings is 1. The number of hydrogen-bond donors (Lipinski definition) is 2. The summed E-state index contributed by atoms with van der Waals surface area (Å²) >= 11 is 0. The number of rotatable bonds is 5. The quantitative estimate of drug-likeness (QED) is 0.847. The van der Waals surface area contributed by atoms with E-state index in [4.69, 9.17) is 0 Å². The summed E-state index contributed by atoms with van der Waals surface area (Å²) in [6.45, 7) is 0. The standard InChI is InChI=1S/C15H23N3O/c1-16-13-3-5-14(6-4-13)18-15(19)7-2-12-8-10-17-11-9-12/h8-11,13-14,16H,2-7H2,1H3,(H,18,19). The van der Waals surface area contributed by atoms with E-state index in [1.807, 2.05) is 19.2 Å². The van der Waals surface area contributed by atoms with Gasteiger partial charge in [-0.05, 0) is 56.8 Å². The minimum Gasteiger partial charge on any atom is -0.353 e. The lowest BCUT2D eigenvalue weighted by atomic mass is 9.91. The van der Waals surface area contributed by atoms with E-state index in [1.54, 1.807) is 12.4 Å². The SMILES string of the molecule is CNC1CCC(NC(=O)CCc2ccncc2)CC1. The smallest absolute Gasteiger partial charge is 0.220 e. The fourth-order valence-corrected chi connectivity index (χ4v) is 2.63. The first kappa shape index (κ1) is 14.0. The molecule has 4 heteroatoms. The van der Waals surface area contributed by atoms with Crippen molar-refractivity contribution in [2.75, 3.05) is 7.05 Å². The van der Waals surface area contributed by atoms with Crippen molar-refractivity contribution in [3.63, 3.8) is 0 Å². The van der Waals surface area contributed by atoms with Crippen LogP contribution in [0.5, 0.6) is 0 Å². The number of carbonyl (C=O) groups is 1. The minimum atomic E-state index is 0.171. The molecule has 19 heavy (non-hydrogen) atoms. The number of nitrogens with one attached hydrogen (secondary N) is 2. The third-order valence-electron chi connectivity index (χ3n) is 3.89. The molecule has 0 bridgehead atoms. The number of amides is 1. The Morgan fingerprint density at radius 2 is 1.84 bits per heavy atom. The van der Waals surface area contributed by atoms with Gasteiger partial charge < -0.3 is 10.6 Å². The van der Waals surface area contributed by atoms with Gasteiger partial charge >= 0.3 is 0 Å². The highest BCUT2D eigenvalue weighted by Crippen LogP contribution is 2.18. The van der Waals surface area contributed by atoms with Gasteiger partial charge in [0, 0.05) is 30.9 Å². The molecule has 104 valence electrons. The summed E-state index contributed by atoms with van der Waals surface area (Å²) in [6, 6.07) is 4.93. The van der Waals surface area contributed by atoms with E-state index in [1.165, 1.54) is 5.56 Å². The van der Waals surface area contributed by atoms with Crippen molar-refractivity contribution in [3.8, 4) is 0 Å². The van der Waals surface area contributed by atoms with Crippen molar-refractivity contribution < 1.29 is 4.79 Å². The summed E-state index contributed by atoms with van der Waals surface area (Å²) in [4.78, 5) is 15.9. The lowest BCUT2D eigenvalue weighted by Crippen LogP contribution is -2.41. The van der Waals surface area contributed by atoms with Gasteiger partial charge in [-0.1, -0.05) is 0 Å². The molecule has 1 aliphatic carbocycles. The maximum Gasteiger partial charge on any atom is 0.220 e. The minimum absolute atomic E-state index is 0.171. The lowest BCUT2D eigenvalue weighted by Gasteiger charge is -2.28. The molecule has 1 saturated carbocycles. The van der Waals surface area contributed by atoms with Crippen molar-refractivity contribution in [1.29, 1.82) is 0 Å². The predicted molar refractivity (Wildman–Crippen MR) is 75.8 cm³/mol. The van der Waals surface area contributed by atoms with Gasteiger partial charge in [-0.15, -0.1) is 0 Å². The Bertz CT molecular complexity index is 386. The van der Waals surface area contributed by atoms with Crippen LogP contribution in [0.15, 0.2) is 24.5 Å². The Kier molecular flexibility index (Phi) is 5.33. The van der Waals surface area contributed by atoms with E-state index in [2.05, 4.69) is 15.6 Å². The number of nitrogens with zero attached hydrogens (tertiary/aromatic N) is 1. The fraction of sp³-hybridized carbons (Fsp3) is 0.600. The summed E-state index contributed by atoms with van der Waals surface area (Å²) in [5.74, 6) is 0.171. The molecule has 1 aliphatic rings. The van der Waals surface area contributed by atoms with Crippen LogP contribution in [0, 0.1) is 0 Å². The van der Waals surface area contributed by atoms with Crippen molar-refractivity contribution in [2.24, 2.45) is 0 Å².